The van der Waals surface area contributed by atoms with Crippen LogP contribution in [0.25, 0.3) is 0 Å². The van der Waals surface area contributed by atoms with Gasteiger partial charge in [0.1, 0.15) is 11.7 Å². The Balaban J connectivity index is 1.95. The Morgan fingerprint density at radius 3 is 2.42 bits per heavy atom. The van der Waals surface area contributed by atoms with Crippen LogP contribution in [0.2, 0.25) is 0 Å². The van der Waals surface area contributed by atoms with Crippen molar-refractivity contribution in [3.05, 3.63) is 75.5 Å². The second-order valence-electron chi connectivity index (χ2n) is 4.99. The number of ether oxygens (including phenoxy) is 1. The fourth-order valence-electron chi connectivity index (χ4n) is 1.53. The van der Waals surface area contributed by atoms with E-state index in [0.29, 0.717) is 5.57 Å². The molecule has 1 saturated heterocycles. The van der Waals surface area contributed by atoms with Crippen molar-refractivity contribution in [1.29, 1.82) is 0 Å². The molecule has 0 aromatic carbocycles. The minimum absolute atomic E-state index is 0.369. The molecule has 0 N–H and O–H groups in total. The predicted molar refractivity (Wildman–Crippen MR) is 76.4 cm³/mol. The highest BCUT2D eigenvalue weighted by molar-refractivity contribution is 7.72. The quantitative estimate of drug-likeness (QED) is 0.324. The van der Waals surface area contributed by atoms with Crippen molar-refractivity contribution in [2.24, 2.45) is 0 Å². The number of hydrogen-bond donors (Lipinski definition) is 0. The summed E-state index contributed by atoms with van der Waals surface area (Å²) < 4.78 is 27.9. The summed E-state index contributed by atoms with van der Waals surface area (Å²) in [6.45, 7) is 13.3. The van der Waals surface area contributed by atoms with Crippen molar-refractivity contribution in [1.82, 2.24) is 15.0 Å². The van der Waals surface area contributed by atoms with Gasteiger partial charge in [0.15, 0.2) is 6.54 Å². The molecule has 0 spiro atoms. The number of hydrogen-bond acceptors (Lipinski definition) is 9. The summed E-state index contributed by atoms with van der Waals surface area (Å²) in [5.74, 6) is 0. The lowest BCUT2D eigenvalue weighted by Gasteiger charge is -2.47. The lowest BCUT2D eigenvalue weighted by Crippen LogP contribution is -2.29. The molecule has 0 unspecified atom stereocenters. The Labute approximate surface area is 151 Å². The highest BCUT2D eigenvalue weighted by Gasteiger charge is 2.53. The second-order valence-corrected chi connectivity index (χ2v) is 8.22. The molecule has 1 aliphatic heterocycles. The summed E-state index contributed by atoms with van der Waals surface area (Å²) in [5, 5.41) is 4.92. The molecule has 1 aromatic rings. The van der Waals surface area contributed by atoms with E-state index in [9.17, 15) is 28.7 Å². The van der Waals surface area contributed by atoms with Crippen molar-refractivity contribution in [3.8, 4) is 0 Å². The minimum atomic E-state index is -5.86. The van der Waals surface area contributed by atoms with Crippen LogP contribution in [-0.2, 0) is 13.9 Å². The molecule has 1 aliphatic rings. The van der Waals surface area contributed by atoms with Crippen molar-refractivity contribution in [2.45, 2.75) is 11.7 Å². The normalized spacial score (nSPS) is 23.3. The molecule has 0 bridgehead atoms. The number of allylic oxidation sites excluding steroid dienone is 2. The lowest BCUT2D eigenvalue weighted by atomic mass is 10.0. The fourth-order valence-corrected chi connectivity index (χ4v) is 3.24. The molecular weight excluding hydrogens is 384 g/mol. The summed E-state index contributed by atoms with van der Waals surface area (Å²) in [7, 11) is -11.7. The second kappa shape index (κ2) is 7.64. The van der Waals surface area contributed by atoms with Crippen LogP contribution in [0.15, 0.2) is 11.8 Å². The van der Waals surface area contributed by atoms with Crippen molar-refractivity contribution < 1.29 is 33.4 Å². The van der Waals surface area contributed by atoms with Gasteiger partial charge in [0.05, 0.1) is 23.7 Å². The van der Waals surface area contributed by atoms with E-state index >= 15 is 0 Å². The van der Waals surface area contributed by atoms with Crippen LogP contribution in [0.4, 0.5) is 0 Å². The Bertz CT molecular complexity index is 742. The Kier molecular flexibility index (Phi) is 6.30. The largest absolute Gasteiger partial charge is 0.810 e. The van der Waals surface area contributed by atoms with E-state index in [-0.39, 0.29) is 0 Å². The molecule has 2 rings (SSSR count). The van der Waals surface area contributed by atoms with Crippen LogP contribution >= 0.6 is 15.2 Å². The van der Waals surface area contributed by atoms with Gasteiger partial charge in [-0.2, -0.15) is 0 Å². The smallest absolute Gasteiger partial charge is 0.154 e. The maximum Gasteiger partial charge on any atom is 0.154 e. The van der Waals surface area contributed by atoms with E-state index in [1.807, 2.05) is 0 Å². The zero-order valence-corrected chi connectivity index (χ0v) is 14.7. The molecule has 12 heteroatoms. The highest BCUT2D eigenvalue weighted by Crippen LogP contribution is 2.59. The predicted octanol–water partition coefficient (Wildman–Crippen LogP) is -2.56. The zero-order valence-electron chi connectivity index (χ0n) is 12.9. The van der Waals surface area contributed by atoms with Gasteiger partial charge < -0.3 is 33.4 Å². The third kappa shape index (κ3) is 5.82. The molecule has 1 fully saturated rings. The van der Waals surface area contributed by atoms with E-state index in [2.05, 4.69) is 56.5 Å². The SMILES string of the molecule is [CH2]C([CH2])=[C][C][C][C@]1([CH2])O[C@@H]1[C]n1cc([C][C](P(=O)([O-])[O-])P(=O)([O-])[O-])nn1. The van der Waals surface area contributed by atoms with Crippen LogP contribution in [0.1, 0.15) is 5.69 Å². The summed E-state index contributed by atoms with van der Waals surface area (Å²) in [6, 6.07) is 0. The molecule has 2 heterocycles. The Morgan fingerprint density at radius 1 is 1.27 bits per heavy atom. The van der Waals surface area contributed by atoms with Gasteiger partial charge in [-0.25, -0.2) is 4.68 Å². The molecule has 0 amide bonds. The van der Waals surface area contributed by atoms with Crippen LogP contribution in [0.3, 0.4) is 0 Å². The number of rotatable bonds is 9. The molecule has 135 valence electrons. The number of aromatic nitrogens is 3. The molecule has 13 radical (unpaired) electrons. The van der Waals surface area contributed by atoms with Crippen molar-refractivity contribution in [3.63, 3.8) is 0 Å². The first kappa shape index (κ1) is 21.4. The van der Waals surface area contributed by atoms with Gasteiger partial charge in [0.25, 0.3) is 0 Å². The van der Waals surface area contributed by atoms with Gasteiger partial charge in [-0.15, -0.1) is 5.10 Å². The fraction of sp³-hybridized carbons (Fsp3) is 0.143. The van der Waals surface area contributed by atoms with E-state index in [0.717, 1.165) is 10.9 Å². The Morgan fingerprint density at radius 2 is 1.88 bits per heavy atom. The third-order valence-electron chi connectivity index (χ3n) is 2.71. The van der Waals surface area contributed by atoms with E-state index in [1.54, 1.807) is 6.42 Å². The molecule has 10 nitrogen and oxygen atoms in total. The summed E-state index contributed by atoms with van der Waals surface area (Å²) >= 11 is 0. The van der Waals surface area contributed by atoms with Gasteiger partial charge in [-0.05, 0) is 26.8 Å². The van der Waals surface area contributed by atoms with Gasteiger partial charge >= 0.3 is 0 Å². The zero-order chi connectivity index (χ0) is 19.8. The van der Waals surface area contributed by atoms with Gasteiger partial charge in [0.2, 0.25) is 0 Å². The maximum atomic E-state index is 10.9. The molecule has 1 aromatic heterocycles. The summed E-state index contributed by atoms with van der Waals surface area (Å²) in [4.78, 5) is 43.5. The standard InChI is InChI=1S/C14H12N3O7P2/c1-10(2)5-4-6-14(3)12(24-14)9-17-8-11(15-16-17)7-13(25(18,19)20)26(21,22)23/h8,12H,1-3H2,(H2,18,19,20)(H2,21,22,23)/p-4/t12-,14+/m1/s1. The summed E-state index contributed by atoms with van der Waals surface area (Å²) in [6.07, 6.45) is 9.57. The van der Waals surface area contributed by atoms with E-state index < -0.39 is 38.0 Å². The first-order chi connectivity index (χ1) is 11.8. The van der Waals surface area contributed by atoms with Crippen LogP contribution in [0.5, 0.6) is 0 Å². The van der Waals surface area contributed by atoms with Gasteiger partial charge in [0, 0.05) is 12.8 Å². The first-order valence-electron chi connectivity index (χ1n) is 6.51. The van der Waals surface area contributed by atoms with Crippen molar-refractivity contribution >= 4 is 15.2 Å². The molecular formula is C14H8N3O7P2-4. The average Bonchev–Trinajstić information content (AvgIpc) is 2.88. The third-order valence-corrected chi connectivity index (χ3v) is 5.44. The van der Waals surface area contributed by atoms with Crippen LogP contribution < -0.4 is 19.6 Å². The first-order valence-corrected chi connectivity index (χ1v) is 9.60. The number of nitrogens with zero attached hydrogens (tertiary/aromatic N) is 3. The highest BCUT2D eigenvalue weighted by atomic mass is 31.2. The molecule has 2 atom stereocenters. The van der Waals surface area contributed by atoms with Gasteiger partial charge in [-0.1, -0.05) is 26.0 Å². The molecule has 0 saturated carbocycles. The topological polar surface area (TPSA) is 170 Å². The lowest BCUT2D eigenvalue weighted by molar-refractivity contribution is -0.322. The van der Waals surface area contributed by atoms with E-state index in [4.69, 9.17) is 4.74 Å². The van der Waals surface area contributed by atoms with Crippen LogP contribution in [-0.4, -0.2) is 26.7 Å². The Hall–Kier alpha value is -0.860. The van der Waals surface area contributed by atoms with Crippen molar-refractivity contribution in [2.75, 3.05) is 0 Å². The minimum Gasteiger partial charge on any atom is -0.810 e. The average molecular weight is 392 g/mol. The van der Waals surface area contributed by atoms with E-state index in [1.165, 1.54) is 0 Å². The number of epoxide rings is 1. The molecule has 26 heavy (non-hydrogen) atoms. The summed E-state index contributed by atoms with van der Waals surface area (Å²) in [5.41, 5.74) is -1.24. The maximum absolute atomic E-state index is 10.9. The monoisotopic (exact) mass is 392 g/mol. The van der Waals surface area contributed by atoms with Crippen LogP contribution in [0, 0.1) is 58.1 Å². The van der Waals surface area contributed by atoms with Gasteiger partial charge in [-0.3, -0.25) is 0 Å². The molecule has 0 aliphatic carbocycles.